The Morgan fingerprint density at radius 1 is 1.23 bits per heavy atom. The van der Waals surface area contributed by atoms with Crippen molar-refractivity contribution in [1.82, 2.24) is 15.5 Å². The average Bonchev–Trinajstić information content (AvgIpc) is 3.33. The summed E-state index contributed by atoms with van der Waals surface area (Å²) in [7, 11) is 1.57. The number of benzene rings is 1. The van der Waals surface area contributed by atoms with Crippen LogP contribution in [0.4, 0.5) is 5.69 Å². The van der Waals surface area contributed by atoms with Crippen LogP contribution in [0.25, 0.3) is 10.7 Å². The fourth-order valence-electron chi connectivity index (χ4n) is 2.10. The van der Waals surface area contributed by atoms with Gasteiger partial charge in [-0.15, -0.1) is 23.1 Å². The van der Waals surface area contributed by atoms with E-state index in [2.05, 4.69) is 20.8 Å². The SMILES string of the molecule is CNC(=O)c1ccc(NC(=O)CSCc2nc(-c3cccs3)no2)cc1. The van der Waals surface area contributed by atoms with Gasteiger partial charge in [-0.25, -0.2) is 0 Å². The first-order chi connectivity index (χ1) is 12.7. The zero-order valence-corrected chi connectivity index (χ0v) is 15.5. The van der Waals surface area contributed by atoms with E-state index in [1.165, 1.54) is 11.8 Å². The van der Waals surface area contributed by atoms with E-state index in [4.69, 9.17) is 4.52 Å². The van der Waals surface area contributed by atoms with Gasteiger partial charge in [-0.1, -0.05) is 11.2 Å². The summed E-state index contributed by atoms with van der Waals surface area (Å²) in [4.78, 5) is 28.7. The maximum absolute atomic E-state index is 12.0. The third kappa shape index (κ3) is 4.70. The second kappa shape index (κ2) is 8.63. The number of aromatic nitrogens is 2. The van der Waals surface area contributed by atoms with Gasteiger partial charge in [-0.3, -0.25) is 9.59 Å². The minimum atomic E-state index is -0.167. The number of carbonyl (C=O) groups excluding carboxylic acids is 2. The highest BCUT2D eigenvalue weighted by molar-refractivity contribution is 7.99. The Morgan fingerprint density at radius 2 is 2.04 bits per heavy atom. The maximum atomic E-state index is 12.0. The van der Waals surface area contributed by atoms with Gasteiger partial charge >= 0.3 is 0 Å². The van der Waals surface area contributed by atoms with E-state index < -0.39 is 0 Å². The van der Waals surface area contributed by atoms with Gasteiger partial charge in [0.2, 0.25) is 17.6 Å². The molecule has 2 aromatic heterocycles. The molecule has 0 fully saturated rings. The molecule has 3 rings (SSSR count). The number of hydrogen-bond donors (Lipinski definition) is 2. The van der Waals surface area contributed by atoms with Crippen molar-refractivity contribution in [3.05, 3.63) is 53.2 Å². The van der Waals surface area contributed by atoms with Crippen molar-refractivity contribution in [2.75, 3.05) is 18.1 Å². The van der Waals surface area contributed by atoms with Crippen LogP contribution in [0.3, 0.4) is 0 Å². The van der Waals surface area contributed by atoms with Crippen LogP contribution in [0, 0.1) is 0 Å². The molecule has 0 aliphatic rings. The minimum Gasteiger partial charge on any atom is -0.355 e. The number of amides is 2. The summed E-state index contributed by atoms with van der Waals surface area (Å²) >= 11 is 2.93. The number of thiophene rings is 1. The first kappa shape index (κ1) is 18.2. The second-order valence-corrected chi connectivity index (χ2v) is 7.12. The van der Waals surface area contributed by atoms with Crippen LogP contribution in [0.2, 0.25) is 0 Å². The fraction of sp³-hybridized carbons (Fsp3) is 0.176. The summed E-state index contributed by atoms with van der Waals surface area (Å²) in [6, 6.07) is 10.6. The van der Waals surface area contributed by atoms with E-state index in [1.54, 1.807) is 42.6 Å². The Hall–Kier alpha value is -2.65. The smallest absolute Gasteiger partial charge is 0.251 e. The summed E-state index contributed by atoms with van der Waals surface area (Å²) in [5, 5.41) is 11.2. The second-order valence-electron chi connectivity index (χ2n) is 5.19. The first-order valence-electron chi connectivity index (χ1n) is 7.72. The molecule has 0 unspecified atom stereocenters. The highest BCUT2D eigenvalue weighted by Crippen LogP contribution is 2.22. The van der Waals surface area contributed by atoms with E-state index in [-0.39, 0.29) is 17.6 Å². The van der Waals surface area contributed by atoms with Crippen LogP contribution < -0.4 is 10.6 Å². The van der Waals surface area contributed by atoms with Crippen LogP contribution >= 0.6 is 23.1 Å². The third-order valence-corrected chi connectivity index (χ3v) is 5.11. The lowest BCUT2D eigenvalue weighted by Crippen LogP contribution is -2.18. The molecular formula is C17H16N4O3S2. The quantitative estimate of drug-likeness (QED) is 0.646. The van der Waals surface area contributed by atoms with Crippen molar-refractivity contribution in [3.8, 4) is 10.7 Å². The zero-order chi connectivity index (χ0) is 18.4. The average molecular weight is 388 g/mol. The molecule has 134 valence electrons. The van der Waals surface area contributed by atoms with E-state index in [9.17, 15) is 9.59 Å². The van der Waals surface area contributed by atoms with Crippen LogP contribution in [-0.2, 0) is 10.5 Å². The Bertz CT molecular complexity index is 876. The number of nitrogens with one attached hydrogen (secondary N) is 2. The molecule has 0 radical (unpaired) electrons. The molecule has 0 bridgehead atoms. The molecule has 3 aromatic rings. The van der Waals surface area contributed by atoms with Crippen molar-refractivity contribution >= 4 is 40.6 Å². The van der Waals surface area contributed by atoms with Crippen LogP contribution in [0.5, 0.6) is 0 Å². The molecular weight excluding hydrogens is 372 g/mol. The molecule has 9 heteroatoms. The van der Waals surface area contributed by atoms with Gasteiger partial charge in [0, 0.05) is 18.3 Å². The number of hydrogen-bond acceptors (Lipinski definition) is 7. The van der Waals surface area contributed by atoms with Gasteiger partial charge in [0.15, 0.2) is 0 Å². The van der Waals surface area contributed by atoms with E-state index in [0.717, 1.165) is 4.88 Å². The Labute approximate surface area is 158 Å². The molecule has 0 saturated carbocycles. The van der Waals surface area contributed by atoms with E-state index in [0.29, 0.717) is 28.7 Å². The van der Waals surface area contributed by atoms with Crippen LogP contribution in [0.1, 0.15) is 16.2 Å². The maximum Gasteiger partial charge on any atom is 0.251 e. The van der Waals surface area contributed by atoms with Gasteiger partial charge < -0.3 is 15.2 Å². The molecule has 0 aliphatic heterocycles. The normalized spacial score (nSPS) is 10.5. The van der Waals surface area contributed by atoms with Gasteiger partial charge in [0.05, 0.1) is 16.4 Å². The lowest BCUT2D eigenvalue weighted by atomic mass is 10.2. The fourth-order valence-corrected chi connectivity index (χ4v) is 3.40. The Balaban J connectivity index is 1.45. The first-order valence-corrected chi connectivity index (χ1v) is 9.75. The Kier molecular flexibility index (Phi) is 6.03. The summed E-state index contributed by atoms with van der Waals surface area (Å²) < 4.78 is 5.19. The zero-order valence-electron chi connectivity index (χ0n) is 13.9. The van der Waals surface area contributed by atoms with Crippen LogP contribution in [0.15, 0.2) is 46.3 Å². The van der Waals surface area contributed by atoms with Crippen molar-refractivity contribution < 1.29 is 14.1 Å². The summed E-state index contributed by atoms with van der Waals surface area (Å²) in [6.45, 7) is 0. The number of nitrogens with zero attached hydrogens (tertiary/aromatic N) is 2. The monoisotopic (exact) mass is 388 g/mol. The van der Waals surface area contributed by atoms with Gasteiger partial charge in [0.25, 0.3) is 5.91 Å². The van der Waals surface area contributed by atoms with Crippen molar-refractivity contribution in [1.29, 1.82) is 0 Å². The molecule has 1 aromatic carbocycles. The predicted octanol–water partition coefficient (Wildman–Crippen LogP) is 3.03. The molecule has 0 saturated heterocycles. The topological polar surface area (TPSA) is 97.1 Å². The minimum absolute atomic E-state index is 0.138. The highest BCUT2D eigenvalue weighted by Gasteiger charge is 2.11. The van der Waals surface area contributed by atoms with Crippen molar-refractivity contribution in [2.45, 2.75) is 5.75 Å². The molecule has 2 N–H and O–H groups in total. The van der Waals surface area contributed by atoms with Crippen LogP contribution in [-0.4, -0.2) is 34.8 Å². The summed E-state index contributed by atoms with van der Waals surface area (Å²) in [5.41, 5.74) is 1.18. The predicted molar refractivity (Wildman–Crippen MR) is 102 cm³/mol. The number of carbonyl (C=O) groups is 2. The largest absolute Gasteiger partial charge is 0.355 e. The molecule has 2 heterocycles. The van der Waals surface area contributed by atoms with E-state index >= 15 is 0 Å². The standard InChI is InChI=1S/C17H16N4O3S2/c1-18-17(23)11-4-6-12(7-5-11)19-14(22)9-25-10-15-20-16(21-24-15)13-3-2-8-26-13/h2-8H,9-10H2,1H3,(H,18,23)(H,19,22). The summed E-state index contributed by atoms with van der Waals surface area (Å²) in [6.07, 6.45) is 0. The molecule has 2 amide bonds. The molecule has 0 aliphatic carbocycles. The molecule has 0 spiro atoms. The lowest BCUT2D eigenvalue weighted by molar-refractivity contribution is -0.113. The molecule has 7 nitrogen and oxygen atoms in total. The van der Waals surface area contributed by atoms with Gasteiger partial charge in [-0.2, -0.15) is 4.98 Å². The molecule has 0 atom stereocenters. The van der Waals surface area contributed by atoms with Gasteiger partial charge in [0.1, 0.15) is 0 Å². The van der Waals surface area contributed by atoms with Gasteiger partial charge in [-0.05, 0) is 35.7 Å². The lowest BCUT2D eigenvalue weighted by Gasteiger charge is -2.05. The summed E-state index contributed by atoms with van der Waals surface area (Å²) in [5.74, 6) is 1.47. The number of rotatable bonds is 7. The Morgan fingerprint density at radius 3 is 2.73 bits per heavy atom. The van der Waals surface area contributed by atoms with Crippen molar-refractivity contribution in [2.24, 2.45) is 0 Å². The number of anilines is 1. The third-order valence-electron chi connectivity index (χ3n) is 3.33. The number of thioether (sulfide) groups is 1. The van der Waals surface area contributed by atoms with Crippen molar-refractivity contribution in [3.63, 3.8) is 0 Å². The van der Waals surface area contributed by atoms with E-state index in [1.807, 2.05) is 17.5 Å². The highest BCUT2D eigenvalue weighted by atomic mass is 32.2. The molecule has 26 heavy (non-hydrogen) atoms.